The van der Waals surface area contributed by atoms with E-state index in [9.17, 15) is 19.7 Å². The standard InChI is InChI=1S/C21H16N2O5/c24-19(22-17-6-1-2-7-18(17)23(26)27)12-28-21(25)16-11-10-14-9-8-13-4-3-5-15(16)20(13)14/h1-7,10-11H,8-9,12H2,(H,22,24). The van der Waals surface area contributed by atoms with Gasteiger partial charge in [-0.05, 0) is 46.9 Å². The molecule has 7 nitrogen and oxygen atoms in total. The Morgan fingerprint density at radius 3 is 2.54 bits per heavy atom. The highest BCUT2D eigenvalue weighted by atomic mass is 16.6. The number of hydrogen-bond donors (Lipinski definition) is 1. The largest absolute Gasteiger partial charge is 0.452 e. The van der Waals surface area contributed by atoms with E-state index in [-0.39, 0.29) is 11.4 Å². The second-order valence-corrected chi connectivity index (χ2v) is 6.51. The number of carbonyl (C=O) groups excluding carboxylic acids is 2. The van der Waals surface area contributed by atoms with Crippen LogP contribution in [-0.2, 0) is 22.4 Å². The highest BCUT2D eigenvalue weighted by Gasteiger charge is 2.20. The SMILES string of the molecule is O=C(COC(=O)c1ccc2c3c(cccc13)CC2)Nc1ccccc1[N+](=O)[O-]. The molecule has 0 aliphatic heterocycles. The number of esters is 1. The normalized spacial score (nSPS) is 12.0. The van der Waals surface area contributed by atoms with Crippen molar-refractivity contribution in [2.75, 3.05) is 11.9 Å². The molecule has 0 atom stereocenters. The molecule has 7 heteroatoms. The number of anilines is 1. The van der Waals surface area contributed by atoms with Crippen molar-refractivity contribution < 1.29 is 19.2 Å². The number of nitro benzene ring substituents is 1. The highest BCUT2D eigenvalue weighted by Crippen LogP contribution is 2.33. The van der Waals surface area contributed by atoms with E-state index in [4.69, 9.17) is 4.74 Å². The van der Waals surface area contributed by atoms with Gasteiger partial charge >= 0.3 is 5.97 Å². The van der Waals surface area contributed by atoms with Gasteiger partial charge in [-0.2, -0.15) is 0 Å². The number of nitro groups is 1. The Hall–Kier alpha value is -3.74. The molecule has 0 saturated carbocycles. The zero-order valence-corrected chi connectivity index (χ0v) is 14.8. The lowest BCUT2D eigenvalue weighted by Crippen LogP contribution is -2.21. The molecule has 0 heterocycles. The summed E-state index contributed by atoms with van der Waals surface area (Å²) in [6, 6.07) is 15.2. The number of para-hydroxylation sites is 2. The summed E-state index contributed by atoms with van der Waals surface area (Å²) in [5.74, 6) is -1.25. The van der Waals surface area contributed by atoms with E-state index in [2.05, 4.69) is 5.32 Å². The predicted octanol–water partition coefficient (Wildman–Crippen LogP) is 3.64. The molecular weight excluding hydrogens is 360 g/mol. The molecule has 3 aromatic rings. The molecule has 3 aromatic carbocycles. The molecular formula is C21H16N2O5. The summed E-state index contributed by atoms with van der Waals surface area (Å²) in [5.41, 5.74) is 2.64. The average molecular weight is 376 g/mol. The molecule has 0 fully saturated rings. The first-order valence-corrected chi connectivity index (χ1v) is 8.78. The summed E-state index contributed by atoms with van der Waals surface area (Å²) in [5, 5.41) is 15.3. The van der Waals surface area contributed by atoms with Crippen LogP contribution in [-0.4, -0.2) is 23.4 Å². The Labute approximate surface area is 160 Å². The number of nitrogens with one attached hydrogen (secondary N) is 1. The molecule has 0 unspecified atom stereocenters. The Kier molecular flexibility index (Phi) is 4.49. The van der Waals surface area contributed by atoms with E-state index < -0.39 is 23.4 Å². The van der Waals surface area contributed by atoms with E-state index in [1.807, 2.05) is 24.3 Å². The Morgan fingerprint density at radius 1 is 1.00 bits per heavy atom. The van der Waals surface area contributed by atoms with Gasteiger partial charge in [0.2, 0.25) is 0 Å². The van der Waals surface area contributed by atoms with E-state index >= 15 is 0 Å². The maximum absolute atomic E-state index is 12.5. The van der Waals surface area contributed by atoms with Crippen molar-refractivity contribution in [2.45, 2.75) is 12.8 Å². The number of amides is 1. The summed E-state index contributed by atoms with van der Waals surface area (Å²) < 4.78 is 5.15. The van der Waals surface area contributed by atoms with Gasteiger partial charge in [-0.15, -0.1) is 0 Å². The van der Waals surface area contributed by atoms with Gasteiger partial charge in [0.15, 0.2) is 6.61 Å². The molecule has 28 heavy (non-hydrogen) atoms. The third kappa shape index (κ3) is 3.18. The van der Waals surface area contributed by atoms with Gasteiger partial charge in [0.05, 0.1) is 10.5 Å². The number of hydrogen-bond acceptors (Lipinski definition) is 5. The Balaban J connectivity index is 1.48. The van der Waals surface area contributed by atoms with E-state index in [0.717, 1.165) is 23.6 Å². The summed E-state index contributed by atoms with van der Waals surface area (Å²) in [4.78, 5) is 35.0. The topological polar surface area (TPSA) is 98.5 Å². The molecule has 1 N–H and O–H groups in total. The number of benzene rings is 3. The third-order valence-corrected chi connectivity index (χ3v) is 4.81. The van der Waals surface area contributed by atoms with Crippen molar-refractivity contribution >= 4 is 34.0 Å². The fourth-order valence-corrected chi connectivity index (χ4v) is 3.56. The van der Waals surface area contributed by atoms with Crippen LogP contribution < -0.4 is 5.32 Å². The first-order chi connectivity index (χ1) is 13.5. The first kappa shape index (κ1) is 17.7. The van der Waals surface area contributed by atoms with Gasteiger partial charge in [0.1, 0.15) is 5.69 Å². The Morgan fingerprint density at radius 2 is 1.75 bits per heavy atom. The van der Waals surface area contributed by atoms with Gasteiger partial charge in [0.25, 0.3) is 11.6 Å². The van der Waals surface area contributed by atoms with Crippen molar-refractivity contribution in [2.24, 2.45) is 0 Å². The van der Waals surface area contributed by atoms with Gasteiger partial charge < -0.3 is 10.1 Å². The van der Waals surface area contributed by atoms with Crippen LogP contribution in [0.5, 0.6) is 0 Å². The van der Waals surface area contributed by atoms with Crippen LogP contribution in [0.25, 0.3) is 10.8 Å². The molecule has 0 spiro atoms. The van der Waals surface area contributed by atoms with Crippen LogP contribution in [0.15, 0.2) is 54.6 Å². The summed E-state index contributed by atoms with van der Waals surface area (Å²) in [7, 11) is 0. The smallest absolute Gasteiger partial charge is 0.339 e. The molecule has 0 bridgehead atoms. The molecule has 1 aliphatic rings. The number of carbonyl (C=O) groups is 2. The van der Waals surface area contributed by atoms with Crippen LogP contribution in [0, 0.1) is 10.1 Å². The van der Waals surface area contributed by atoms with Crippen LogP contribution in [0.2, 0.25) is 0 Å². The van der Waals surface area contributed by atoms with Crippen LogP contribution in [0.3, 0.4) is 0 Å². The lowest BCUT2D eigenvalue weighted by molar-refractivity contribution is -0.383. The summed E-state index contributed by atoms with van der Waals surface area (Å²) >= 11 is 0. The fraction of sp³-hybridized carbons (Fsp3) is 0.143. The zero-order chi connectivity index (χ0) is 19.7. The van der Waals surface area contributed by atoms with E-state index in [1.54, 1.807) is 12.1 Å². The fourth-order valence-electron chi connectivity index (χ4n) is 3.56. The van der Waals surface area contributed by atoms with Crippen molar-refractivity contribution in [1.29, 1.82) is 0 Å². The third-order valence-electron chi connectivity index (χ3n) is 4.81. The average Bonchev–Trinajstić information content (AvgIpc) is 3.12. The quantitative estimate of drug-likeness (QED) is 0.416. The molecule has 0 radical (unpaired) electrons. The van der Waals surface area contributed by atoms with Crippen molar-refractivity contribution in [3.63, 3.8) is 0 Å². The second-order valence-electron chi connectivity index (χ2n) is 6.51. The maximum Gasteiger partial charge on any atom is 0.339 e. The van der Waals surface area contributed by atoms with Gasteiger partial charge in [-0.25, -0.2) is 4.79 Å². The first-order valence-electron chi connectivity index (χ1n) is 8.78. The lowest BCUT2D eigenvalue weighted by Gasteiger charge is -2.10. The Bertz CT molecular complexity index is 1110. The summed E-state index contributed by atoms with van der Waals surface area (Å²) in [6.07, 6.45) is 1.90. The van der Waals surface area contributed by atoms with Crippen molar-refractivity contribution in [3.05, 3.63) is 81.4 Å². The maximum atomic E-state index is 12.5. The van der Waals surface area contributed by atoms with Crippen molar-refractivity contribution in [1.82, 2.24) is 0 Å². The second kappa shape index (κ2) is 7.11. The predicted molar refractivity (Wildman–Crippen MR) is 103 cm³/mol. The molecule has 140 valence electrons. The minimum atomic E-state index is -0.645. The molecule has 0 aromatic heterocycles. The number of ether oxygens (including phenoxy) is 1. The van der Waals surface area contributed by atoms with Crippen LogP contribution >= 0.6 is 0 Å². The van der Waals surface area contributed by atoms with Gasteiger partial charge in [0, 0.05) is 6.07 Å². The van der Waals surface area contributed by atoms with Crippen LogP contribution in [0.4, 0.5) is 11.4 Å². The monoisotopic (exact) mass is 376 g/mol. The molecule has 4 rings (SSSR count). The number of aryl methyl sites for hydroxylation is 2. The summed E-state index contributed by atoms with van der Waals surface area (Å²) in [6.45, 7) is -0.534. The zero-order valence-electron chi connectivity index (χ0n) is 14.8. The minimum Gasteiger partial charge on any atom is -0.452 e. The van der Waals surface area contributed by atoms with Crippen molar-refractivity contribution in [3.8, 4) is 0 Å². The van der Waals surface area contributed by atoms with Gasteiger partial charge in [-0.1, -0.05) is 36.4 Å². The van der Waals surface area contributed by atoms with Crippen LogP contribution in [0.1, 0.15) is 21.5 Å². The van der Waals surface area contributed by atoms with E-state index in [0.29, 0.717) is 5.56 Å². The lowest BCUT2D eigenvalue weighted by atomic mass is 10.00. The van der Waals surface area contributed by atoms with E-state index in [1.165, 1.54) is 29.3 Å². The van der Waals surface area contributed by atoms with Gasteiger partial charge in [-0.3, -0.25) is 14.9 Å². The highest BCUT2D eigenvalue weighted by molar-refractivity contribution is 6.07. The number of nitrogens with zero attached hydrogens (tertiary/aromatic N) is 1. The molecule has 1 amide bonds. The molecule has 1 aliphatic carbocycles. The molecule has 0 saturated heterocycles. The minimum absolute atomic E-state index is 0.0545. The number of rotatable bonds is 5.